The maximum Gasteiger partial charge on any atom is 0.252 e. The highest BCUT2D eigenvalue weighted by Crippen LogP contribution is 2.30. The molecule has 0 unspecified atom stereocenters. The number of carbonyl (C=O) groups excluding carboxylic acids is 1. The van der Waals surface area contributed by atoms with Gasteiger partial charge in [-0.05, 0) is 45.9 Å². The van der Waals surface area contributed by atoms with E-state index in [2.05, 4.69) is 37.3 Å². The lowest BCUT2D eigenvalue weighted by atomic mass is 10.1. The first-order valence-electron chi connectivity index (χ1n) is 7.74. The third kappa shape index (κ3) is 2.86. The number of hydrogen-bond donors (Lipinski definition) is 1. The Hall–Kier alpha value is -2.21. The summed E-state index contributed by atoms with van der Waals surface area (Å²) >= 11 is 1.68. The van der Waals surface area contributed by atoms with Crippen LogP contribution in [-0.4, -0.2) is 27.2 Å². The molecule has 6 heteroatoms. The molecule has 0 aliphatic carbocycles. The predicted octanol–water partition coefficient (Wildman–Crippen LogP) is 3.80. The predicted molar refractivity (Wildman–Crippen MR) is 94.0 cm³/mol. The first kappa shape index (κ1) is 15.7. The van der Waals surface area contributed by atoms with Crippen molar-refractivity contribution in [3.05, 3.63) is 34.8 Å². The van der Waals surface area contributed by atoms with E-state index in [1.54, 1.807) is 17.5 Å². The van der Waals surface area contributed by atoms with Crippen molar-refractivity contribution in [1.29, 1.82) is 0 Å². The Morgan fingerprint density at radius 1 is 1.39 bits per heavy atom. The maximum atomic E-state index is 12.5. The van der Waals surface area contributed by atoms with Gasteiger partial charge in [0.1, 0.15) is 0 Å². The van der Waals surface area contributed by atoms with Crippen LogP contribution in [-0.2, 0) is 0 Å². The first-order chi connectivity index (χ1) is 11.0. The minimum atomic E-state index is -0.0854. The molecule has 0 aromatic carbocycles. The van der Waals surface area contributed by atoms with Gasteiger partial charge in [0.05, 0.1) is 27.7 Å². The molecule has 0 saturated carbocycles. The lowest BCUT2D eigenvalue weighted by Crippen LogP contribution is -2.23. The van der Waals surface area contributed by atoms with Gasteiger partial charge in [-0.25, -0.2) is 9.67 Å². The zero-order valence-corrected chi connectivity index (χ0v) is 14.6. The lowest BCUT2D eigenvalue weighted by Gasteiger charge is -2.10. The number of amides is 1. The van der Waals surface area contributed by atoms with Crippen LogP contribution in [0.1, 0.15) is 42.0 Å². The quantitative estimate of drug-likeness (QED) is 0.792. The van der Waals surface area contributed by atoms with Crippen LogP contribution in [0.4, 0.5) is 0 Å². The van der Waals surface area contributed by atoms with Gasteiger partial charge >= 0.3 is 0 Å². The molecule has 0 spiro atoms. The Bertz CT molecular complexity index is 863. The molecule has 120 valence electrons. The van der Waals surface area contributed by atoms with E-state index in [9.17, 15) is 4.79 Å². The second kappa shape index (κ2) is 6.12. The molecule has 0 fully saturated rings. The summed E-state index contributed by atoms with van der Waals surface area (Å²) in [7, 11) is 0. The van der Waals surface area contributed by atoms with Crippen molar-refractivity contribution >= 4 is 28.3 Å². The van der Waals surface area contributed by atoms with E-state index in [4.69, 9.17) is 4.98 Å². The van der Waals surface area contributed by atoms with Crippen LogP contribution in [0.15, 0.2) is 24.4 Å². The number of fused-ring (bicyclic) bond motifs is 1. The number of pyridine rings is 1. The third-order valence-corrected chi connectivity index (χ3v) is 4.65. The van der Waals surface area contributed by atoms with Gasteiger partial charge in [-0.15, -0.1) is 11.3 Å². The molecule has 3 rings (SSSR count). The van der Waals surface area contributed by atoms with E-state index < -0.39 is 0 Å². The van der Waals surface area contributed by atoms with Gasteiger partial charge in [0.2, 0.25) is 0 Å². The van der Waals surface area contributed by atoms with E-state index in [0.717, 1.165) is 21.6 Å². The van der Waals surface area contributed by atoms with Gasteiger partial charge in [0.15, 0.2) is 5.65 Å². The van der Waals surface area contributed by atoms with Gasteiger partial charge in [-0.1, -0.05) is 0 Å². The third-order valence-electron chi connectivity index (χ3n) is 3.63. The summed E-state index contributed by atoms with van der Waals surface area (Å²) in [5.41, 5.74) is 2.20. The fourth-order valence-electron chi connectivity index (χ4n) is 2.54. The van der Waals surface area contributed by atoms with Crippen LogP contribution in [0.3, 0.4) is 0 Å². The van der Waals surface area contributed by atoms with Crippen molar-refractivity contribution in [2.75, 3.05) is 6.54 Å². The zero-order chi connectivity index (χ0) is 16.6. The van der Waals surface area contributed by atoms with Crippen molar-refractivity contribution in [1.82, 2.24) is 20.1 Å². The molecule has 0 saturated heterocycles. The van der Waals surface area contributed by atoms with E-state index in [1.807, 2.05) is 23.7 Å². The first-order valence-corrected chi connectivity index (χ1v) is 8.56. The molecule has 0 bridgehead atoms. The average molecular weight is 328 g/mol. The van der Waals surface area contributed by atoms with Crippen molar-refractivity contribution in [3.63, 3.8) is 0 Å². The Morgan fingerprint density at radius 3 is 2.78 bits per heavy atom. The van der Waals surface area contributed by atoms with E-state index in [1.165, 1.54) is 4.88 Å². The Labute approximate surface area is 139 Å². The number of nitrogens with one attached hydrogen (secondary N) is 1. The molecule has 0 atom stereocenters. The smallest absolute Gasteiger partial charge is 0.252 e. The number of aromatic nitrogens is 3. The molecule has 0 radical (unpaired) electrons. The fourth-order valence-corrected chi connectivity index (χ4v) is 3.37. The molecule has 23 heavy (non-hydrogen) atoms. The summed E-state index contributed by atoms with van der Waals surface area (Å²) < 4.78 is 1.86. The van der Waals surface area contributed by atoms with Crippen LogP contribution < -0.4 is 5.32 Å². The lowest BCUT2D eigenvalue weighted by molar-refractivity contribution is 0.0957. The van der Waals surface area contributed by atoms with Crippen LogP contribution in [0.2, 0.25) is 0 Å². The Kier molecular flexibility index (Phi) is 4.17. The molecule has 3 aromatic heterocycles. The van der Waals surface area contributed by atoms with Crippen molar-refractivity contribution in [2.45, 2.75) is 33.7 Å². The van der Waals surface area contributed by atoms with Crippen LogP contribution in [0, 0.1) is 6.92 Å². The second-order valence-corrected chi connectivity index (χ2v) is 7.03. The summed E-state index contributed by atoms with van der Waals surface area (Å²) in [6.07, 6.45) is 1.73. The number of hydrogen-bond acceptors (Lipinski definition) is 4. The van der Waals surface area contributed by atoms with E-state index >= 15 is 0 Å². The number of thiophene rings is 1. The van der Waals surface area contributed by atoms with Crippen LogP contribution >= 0.6 is 11.3 Å². The second-order valence-electron chi connectivity index (χ2n) is 5.74. The maximum absolute atomic E-state index is 12.5. The number of nitrogens with zero attached hydrogens (tertiary/aromatic N) is 3. The van der Waals surface area contributed by atoms with Gasteiger partial charge in [-0.3, -0.25) is 4.79 Å². The molecule has 0 aliphatic rings. The highest BCUT2D eigenvalue weighted by atomic mass is 32.1. The molecular weight excluding hydrogens is 308 g/mol. The summed E-state index contributed by atoms with van der Waals surface area (Å²) in [6, 6.07) is 6.16. The van der Waals surface area contributed by atoms with E-state index in [-0.39, 0.29) is 11.9 Å². The Morgan fingerprint density at radius 2 is 2.17 bits per heavy atom. The molecular formula is C17H20N4OS. The number of rotatable bonds is 4. The van der Waals surface area contributed by atoms with Crippen LogP contribution in [0.5, 0.6) is 0 Å². The summed E-state index contributed by atoms with van der Waals surface area (Å²) in [5, 5.41) is 8.08. The number of aryl methyl sites for hydroxylation is 1. The highest BCUT2D eigenvalue weighted by molar-refractivity contribution is 7.15. The van der Waals surface area contributed by atoms with Crippen molar-refractivity contribution in [3.8, 4) is 10.6 Å². The molecule has 5 nitrogen and oxygen atoms in total. The fraction of sp³-hybridized carbons (Fsp3) is 0.353. The van der Waals surface area contributed by atoms with Gasteiger partial charge in [0, 0.05) is 17.5 Å². The highest BCUT2D eigenvalue weighted by Gasteiger charge is 2.18. The average Bonchev–Trinajstić information content (AvgIpc) is 3.12. The summed E-state index contributed by atoms with van der Waals surface area (Å²) in [5.74, 6) is -0.0854. The zero-order valence-electron chi connectivity index (χ0n) is 13.8. The van der Waals surface area contributed by atoms with Crippen molar-refractivity contribution in [2.24, 2.45) is 0 Å². The molecule has 3 heterocycles. The molecule has 0 aliphatic heterocycles. The molecule has 3 aromatic rings. The van der Waals surface area contributed by atoms with Crippen molar-refractivity contribution < 1.29 is 4.79 Å². The standard InChI is InChI=1S/C17H20N4OS/c1-5-18-17(22)12-8-14(15-7-6-11(4)23-15)20-16-13(12)9-19-21(16)10(2)3/h6-10H,5H2,1-4H3,(H,18,22). The van der Waals surface area contributed by atoms with E-state index in [0.29, 0.717) is 12.1 Å². The monoisotopic (exact) mass is 328 g/mol. The summed E-state index contributed by atoms with van der Waals surface area (Å²) in [6.45, 7) is 8.69. The number of carbonyl (C=O) groups is 1. The Balaban J connectivity index is 2.25. The normalized spacial score (nSPS) is 11.3. The molecule has 1 amide bonds. The molecule has 1 N–H and O–H groups in total. The topological polar surface area (TPSA) is 59.8 Å². The van der Waals surface area contributed by atoms with Gasteiger partial charge in [0.25, 0.3) is 5.91 Å². The largest absolute Gasteiger partial charge is 0.352 e. The minimum absolute atomic E-state index is 0.0854. The van der Waals surface area contributed by atoms with Crippen LogP contribution in [0.25, 0.3) is 21.6 Å². The minimum Gasteiger partial charge on any atom is -0.352 e. The van der Waals surface area contributed by atoms with Gasteiger partial charge in [-0.2, -0.15) is 5.10 Å². The van der Waals surface area contributed by atoms with Gasteiger partial charge < -0.3 is 5.32 Å². The SMILES string of the molecule is CCNC(=O)c1cc(-c2ccc(C)s2)nc2c1cnn2C(C)C. The summed E-state index contributed by atoms with van der Waals surface area (Å²) in [4.78, 5) is 19.5.